The van der Waals surface area contributed by atoms with Gasteiger partial charge in [-0.2, -0.15) is 0 Å². The minimum Gasteiger partial charge on any atom is -0.477 e. The SMILES string of the molecule is CCn1cc(C(=O)O)c(=O)c2cc(Cl)c(N3CCN(C4OC(=O)c5ccccc54)CC3)cc21. The number of rotatable bonds is 4. The van der Waals surface area contributed by atoms with Gasteiger partial charge in [0, 0.05) is 49.9 Å². The molecule has 2 aromatic carbocycles. The summed E-state index contributed by atoms with van der Waals surface area (Å²) in [6.07, 6.45) is 0.997. The van der Waals surface area contributed by atoms with Crippen molar-refractivity contribution in [3.8, 4) is 0 Å². The van der Waals surface area contributed by atoms with Crippen LogP contribution in [0.5, 0.6) is 0 Å². The number of anilines is 1. The molecule has 33 heavy (non-hydrogen) atoms. The number of carboxylic acid groups (broad SMARTS) is 1. The molecule has 3 aromatic rings. The van der Waals surface area contributed by atoms with Crippen molar-refractivity contribution in [2.75, 3.05) is 31.1 Å². The maximum Gasteiger partial charge on any atom is 0.341 e. The third-order valence-corrected chi connectivity index (χ3v) is 6.67. The predicted molar refractivity (Wildman–Crippen MR) is 124 cm³/mol. The summed E-state index contributed by atoms with van der Waals surface area (Å²) < 4.78 is 7.38. The number of hydrogen-bond acceptors (Lipinski definition) is 6. The van der Waals surface area contributed by atoms with Crippen LogP contribution < -0.4 is 10.3 Å². The van der Waals surface area contributed by atoms with E-state index >= 15 is 0 Å². The largest absolute Gasteiger partial charge is 0.477 e. The Morgan fingerprint density at radius 1 is 1.15 bits per heavy atom. The van der Waals surface area contributed by atoms with Crippen molar-refractivity contribution in [3.05, 3.63) is 74.5 Å². The highest BCUT2D eigenvalue weighted by Gasteiger charge is 2.36. The number of esters is 1. The fourth-order valence-electron chi connectivity index (χ4n) is 4.65. The number of pyridine rings is 1. The molecule has 2 aliphatic heterocycles. The quantitative estimate of drug-likeness (QED) is 0.588. The Bertz CT molecular complexity index is 1340. The number of benzene rings is 2. The number of carbonyl (C=O) groups is 2. The number of halogens is 1. The molecule has 0 bridgehead atoms. The van der Waals surface area contributed by atoms with Crippen LogP contribution in [0.3, 0.4) is 0 Å². The molecule has 9 heteroatoms. The van der Waals surface area contributed by atoms with Gasteiger partial charge in [0.05, 0.1) is 21.8 Å². The van der Waals surface area contributed by atoms with Crippen LogP contribution in [0.15, 0.2) is 47.4 Å². The summed E-state index contributed by atoms with van der Waals surface area (Å²) in [5.41, 5.74) is 2.13. The number of nitrogens with zero attached hydrogens (tertiary/aromatic N) is 3. The minimum atomic E-state index is -1.25. The lowest BCUT2D eigenvalue weighted by Gasteiger charge is -2.38. The van der Waals surface area contributed by atoms with Crippen LogP contribution >= 0.6 is 11.6 Å². The maximum atomic E-state index is 12.7. The molecule has 1 aromatic heterocycles. The van der Waals surface area contributed by atoms with E-state index in [2.05, 4.69) is 9.80 Å². The fourth-order valence-corrected chi connectivity index (χ4v) is 4.93. The molecule has 1 unspecified atom stereocenters. The first-order valence-electron chi connectivity index (χ1n) is 10.8. The van der Waals surface area contributed by atoms with Gasteiger partial charge in [-0.15, -0.1) is 0 Å². The van der Waals surface area contributed by atoms with Crippen molar-refractivity contribution in [3.63, 3.8) is 0 Å². The highest BCUT2D eigenvalue weighted by atomic mass is 35.5. The Morgan fingerprint density at radius 3 is 2.58 bits per heavy atom. The number of aromatic nitrogens is 1. The number of aromatic carboxylic acids is 1. The van der Waals surface area contributed by atoms with E-state index in [-0.39, 0.29) is 17.8 Å². The average molecular weight is 468 g/mol. The zero-order valence-electron chi connectivity index (χ0n) is 18.0. The van der Waals surface area contributed by atoms with E-state index in [0.717, 1.165) is 11.3 Å². The van der Waals surface area contributed by atoms with Gasteiger partial charge in [0.15, 0.2) is 6.23 Å². The van der Waals surface area contributed by atoms with Gasteiger partial charge < -0.3 is 19.3 Å². The topological polar surface area (TPSA) is 92.1 Å². The first-order chi connectivity index (χ1) is 15.9. The number of cyclic esters (lactones) is 1. The molecule has 170 valence electrons. The molecule has 5 rings (SSSR count). The summed E-state index contributed by atoms with van der Waals surface area (Å²) in [5.74, 6) is -1.55. The second-order valence-corrected chi connectivity index (χ2v) is 8.56. The standard InChI is InChI=1S/C24H22ClN3O5/c1-2-26-13-17(23(30)31)21(29)16-11-18(25)20(12-19(16)26)27-7-9-28(10-8-27)22-14-5-3-4-6-15(14)24(32)33-22/h3-6,11-13,22H,2,7-10H2,1H3,(H,30,31). The number of carbonyl (C=O) groups excluding carboxylic acids is 1. The van der Waals surface area contributed by atoms with Gasteiger partial charge in [0.25, 0.3) is 0 Å². The Kier molecular flexibility index (Phi) is 5.34. The van der Waals surface area contributed by atoms with Gasteiger partial charge >= 0.3 is 11.9 Å². The zero-order chi connectivity index (χ0) is 23.3. The number of piperazine rings is 1. The lowest BCUT2D eigenvalue weighted by Crippen LogP contribution is -2.47. The van der Waals surface area contributed by atoms with Gasteiger partial charge in [-0.1, -0.05) is 29.8 Å². The Balaban J connectivity index is 1.43. The predicted octanol–water partition coefficient (Wildman–Crippen LogP) is 3.36. The summed E-state index contributed by atoms with van der Waals surface area (Å²) in [5, 5.41) is 10.1. The van der Waals surface area contributed by atoms with Gasteiger partial charge in [-0.25, -0.2) is 9.59 Å². The lowest BCUT2D eigenvalue weighted by atomic mass is 10.1. The van der Waals surface area contributed by atoms with Gasteiger partial charge in [-0.3, -0.25) is 9.69 Å². The van der Waals surface area contributed by atoms with Crippen LogP contribution in [-0.4, -0.2) is 52.7 Å². The van der Waals surface area contributed by atoms with Crippen LogP contribution in [0, 0.1) is 0 Å². The molecule has 2 aliphatic rings. The van der Waals surface area contributed by atoms with Crippen molar-refractivity contribution < 1.29 is 19.4 Å². The normalized spacial score (nSPS) is 18.4. The molecule has 0 amide bonds. The minimum absolute atomic E-state index is 0.270. The van der Waals surface area contributed by atoms with Crippen molar-refractivity contribution in [2.45, 2.75) is 19.7 Å². The number of carboxylic acids is 1. The lowest BCUT2D eigenvalue weighted by molar-refractivity contribution is -0.0250. The van der Waals surface area contributed by atoms with E-state index in [9.17, 15) is 19.5 Å². The number of hydrogen-bond donors (Lipinski definition) is 1. The van der Waals surface area contributed by atoms with E-state index in [1.807, 2.05) is 31.2 Å². The summed E-state index contributed by atoms with van der Waals surface area (Å²) in [7, 11) is 0. The fraction of sp³-hybridized carbons (Fsp3) is 0.292. The monoisotopic (exact) mass is 467 g/mol. The zero-order valence-corrected chi connectivity index (χ0v) is 18.7. The van der Waals surface area contributed by atoms with Crippen molar-refractivity contribution >= 4 is 40.1 Å². The highest BCUT2D eigenvalue weighted by Crippen LogP contribution is 2.36. The van der Waals surface area contributed by atoms with E-state index in [1.165, 1.54) is 6.20 Å². The number of aryl methyl sites for hydroxylation is 1. The number of fused-ring (bicyclic) bond motifs is 2. The van der Waals surface area contributed by atoms with Crippen LogP contribution in [0.1, 0.15) is 39.4 Å². The molecular weight excluding hydrogens is 446 g/mol. The van der Waals surface area contributed by atoms with Crippen LogP contribution in [-0.2, 0) is 11.3 Å². The van der Waals surface area contributed by atoms with E-state index in [0.29, 0.717) is 54.2 Å². The van der Waals surface area contributed by atoms with Crippen molar-refractivity contribution in [2.24, 2.45) is 0 Å². The molecule has 0 radical (unpaired) electrons. The van der Waals surface area contributed by atoms with Crippen LogP contribution in [0.4, 0.5) is 5.69 Å². The molecule has 1 N–H and O–H groups in total. The highest BCUT2D eigenvalue weighted by molar-refractivity contribution is 6.34. The smallest absolute Gasteiger partial charge is 0.341 e. The van der Waals surface area contributed by atoms with Crippen LogP contribution in [0.2, 0.25) is 5.02 Å². The van der Waals surface area contributed by atoms with Crippen molar-refractivity contribution in [1.82, 2.24) is 9.47 Å². The molecular formula is C24H22ClN3O5. The first kappa shape index (κ1) is 21.5. The molecule has 1 atom stereocenters. The Morgan fingerprint density at radius 2 is 1.88 bits per heavy atom. The Hall–Kier alpha value is -3.36. The third kappa shape index (κ3) is 3.55. The molecule has 3 heterocycles. The summed E-state index contributed by atoms with van der Waals surface area (Å²) in [6.45, 7) is 5.05. The molecule has 1 fully saturated rings. The summed E-state index contributed by atoms with van der Waals surface area (Å²) in [4.78, 5) is 40.6. The molecule has 0 spiro atoms. The molecule has 1 saturated heterocycles. The number of ether oxygens (including phenoxy) is 1. The Labute approximate surface area is 194 Å². The molecule has 0 aliphatic carbocycles. The first-order valence-corrected chi connectivity index (χ1v) is 11.2. The second kappa shape index (κ2) is 8.20. The third-order valence-electron chi connectivity index (χ3n) is 6.37. The van der Waals surface area contributed by atoms with E-state index in [4.69, 9.17) is 16.3 Å². The molecule has 0 saturated carbocycles. The van der Waals surface area contributed by atoms with E-state index in [1.54, 1.807) is 16.7 Å². The maximum absolute atomic E-state index is 12.7. The van der Waals surface area contributed by atoms with Gasteiger partial charge in [0.2, 0.25) is 5.43 Å². The molecule has 8 nitrogen and oxygen atoms in total. The van der Waals surface area contributed by atoms with Crippen molar-refractivity contribution in [1.29, 1.82) is 0 Å². The summed E-state index contributed by atoms with van der Waals surface area (Å²) in [6, 6.07) is 10.9. The second-order valence-electron chi connectivity index (χ2n) is 8.15. The van der Waals surface area contributed by atoms with Gasteiger partial charge in [0.1, 0.15) is 5.56 Å². The van der Waals surface area contributed by atoms with Gasteiger partial charge in [-0.05, 0) is 25.1 Å². The summed E-state index contributed by atoms with van der Waals surface area (Å²) >= 11 is 6.57. The van der Waals surface area contributed by atoms with E-state index < -0.39 is 11.4 Å². The average Bonchev–Trinajstić information content (AvgIpc) is 3.16. The van der Waals surface area contributed by atoms with Crippen LogP contribution in [0.25, 0.3) is 10.9 Å².